The second-order valence-electron chi connectivity index (χ2n) is 5.71. The zero-order valence-electron chi connectivity index (χ0n) is 12.0. The standard InChI is InChI=1S/C17H20N2O2/c20-17(21)14-8-5-9-15-13(14)10-11-16(19-15)18-12-6-3-1-2-4-7-12/h5,8-12H,1-4,6-7H2,(H,18,19)(H,20,21). The smallest absolute Gasteiger partial charge is 0.336 e. The Hall–Kier alpha value is -2.10. The van der Waals surface area contributed by atoms with E-state index in [0.29, 0.717) is 17.0 Å². The molecule has 1 aliphatic rings. The summed E-state index contributed by atoms with van der Waals surface area (Å²) in [4.78, 5) is 15.8. The molecule has 0 atom stereocenters. The normalized spacial score (nSPS) is 16.6. The van der Waals surface area contributed by atoms with Crippen molar-refractivity contribution in [2.75, 3.05) is 5.32 Å². The number of hydrogen-bond acceptors (Lipinski definition) is 3. The van der Waals surface area contributed by atoms with E-state index in [4.69, 9.17) is 0 Å². The van der Waals surface area contributed by atoms with E-state index in [1.165, 1.54) is 38.5 Å². The van der Waals surface area contributed by atoms with Gasteiger partial charge in [-0.2, -0.15) is 0 Å². The summed E-state index contributed by atoms with van der Waals surface area (Å²) in [6.45, 7) is 0. The fourth-order valence-corrected chi connectivity index (χ4v) is 3.05. The summed E-state index contributed by atoms with van der Waals surface area (Å²) in [7, 11) is 0. The molecule has 0 bridgehead atoms. The molecular formula is C17H20N2O2. The summed E-state index contributed by atoms with van der Waals surface area (Å²) in [6, 6.07) is 9.45. The maximum Gasteiger partial charge on any atom is 0.336 e. The first-order chi connectivity index (χ1) is 10.2. The van der Waals surface area contributed by atoms with Crippen LogP contribution in [0.1, 0.15) is 48.9 Å². The average Bonchev–Trinajstić information content (AvgIpc) is 2.75. The minimum Gasteiger partial charge on any atom is -0.478 e. The molecule has 4 nitrogen and oxygen atoms in total. The molecule has 0 amide bonds. The van der Waals surface area contributed by atoms with Crippen LogP contribution in [0.25, 0.3) is 10.9 Å². The second-order valence-corrected chi connectivity index (χ2v) is 5.71. The number of fused-ring (bicyclic) bond motifs is 1. The molecule has 1 fully saturated rings. The Bertz CT molecular complexity index is 646. The van der Waals surface area contributed by atoms with Gasteiger partial charge in [-0.3, -0.25) is 0 Å². The Morgan fingerprint density at radius 2 is 1.86 bits per heavy atom. The molecular weight excluding hydrogens is 264 g/mol. The van der Waals surface area contributed by atoms with Gasteiger partial charge in [0.2, 0.25) is 0 Å². The zero-order valence-corrected chi connectivity index (χ0v) is 12.0. The lowest BCUT2D eigenvalue weighted by atomic mass is 10.1. The van der Waals surface area contributed by atoms with E-state index in [2.05, 4.69) is 10.3 Å². The van der Waals surface area contributed by atoms with Gasteiger partial charge in [0.25, 0.3) is 0 Å². The number of rotatable bonds is 3. The summed E-state index contributed by atoms with van der Waals surface area (Å²) in [5.74, 6) is -0.0659. The van der Waals surface area contributed by atoms with Crippen LogP contribution in [0.15, 0.2) is 30.3 Å². The van der Waals surface area contributed by atoms with Crippen LogP contribution < -0.4 is 5.32 Å². The van der Waals surface area contributed by atoms with E-state index in [1.54, 1.807) is 12.1 Å². The van der Waals surface area contributed by atoms with Gasteiger partial charge < -0.3 is 10.4 Å². The molecule has 0 radical (unpaired) electrons. The van der Waals surface area contributed by atoms with Crippen molar-refractivity contribution in [3.05, 3.63) is 35.9 Å². The number of pyridine rings is 1. The molecule has 2 N–H and O–H groups in total. The highest BCUT2D eigenvalue weighted by Crippen LogP contribution is 2.23. The number of aromatic carboxylic acids is 1. The number of carboxylic acids is 1. The molecule has 21 heavy (non-hydrogen) atoms. The molecule has 0 unspecified atom stereocenters. The van der Waals surface area contributed by atoms with Gasteiger partial charge in [-0.1, -0.05) is 31.7 Å². The fourth-order valence-electron chi connectivity index (χ4n) is 3.05. The Morgan fingerprint density at radius 3 is 2.57 bits per heavy atom. The number of nitrogens with zero attached hydrogens (tertiary/aromatic N) is 1. The van der Waals surface area contributed by atoms with Crippen molar-refractivity contribution in [1.29, 1.82) is 0 Å². The predicted octanol–water partition coefficient (Wildman–Crippen LogP) is 4.07. The lowest BCUT2D eigenvalue weighted by Crippen LogP contribution is -2.19. The largest absolute Gasteiger partial charge is 0.478 e. The third kappa shape index (κ3) is 3.15. The van der Waals surface area contributed by atoms with Gasteiger partial charge in [-0.15, -0.1) is 0 Å². The minimum absolute atomic E-state index is 0.306. The number of nitrogens with one attached hydrogen (secondary N) is 1. The van der Waals surface area contributed by atoms with Crippen LogP contribution >= 0.6 is 0 Å². The maximum atomic E-state index is 11.2. The van der Waals surface area contributed by atoms with E-state index in [-0.39, 0.29) is 0 Å². The molecule has 0 saturated heterocycles. The van der Waals surface area contributed by atoms with E-state index in [0.717, 1.165) is 11.3 Å². The molecule has 1 aromatic carbocycles. The van der Waals surface area contributed by atoms with Gasteiger partial charge in [0.05, 0.1) is 11.1 Å². The maximum absolute atomic E-state index is 11.2. The minimum atomic E-state index is -0.910. The molecule has 0 aliphatic heterocycles. The topological polar surface area (TPSA) is 62.2 Å². The highest BCUT2D eigenvalue weighted by atomic mass is 16.4. The summed E-state index contributed by atoms with van der Waals surface area (Å²) >= 11 is 0. The summed E-state index contributed by atoms with van der Waals surface area (Å²) in [5, 5.41) is 13.4. The number of benzene rings is 1. The highest BCUT2D eigenvalue weighted by Gasteiger charge is 2.13. The van der Waals surface area contributed by atoms with Crippen molar-refractivity contribution in [3.8, 4) is 0 Å². The van der Waals surface area contributed by atoms with Crippen molar-refractivity contribution < 1.29 is 9.90 Å². The summed E-state index contributed by atoms with van der Waals surface area (Å²) < 4.78 is 0. The average molecular weight is 284 g/mol. The molecule has 3 rings (SSSR count). The molecule has 0 spiro atoms. The molecule has 1 saturated carbocycles. The Kier molecular flexibility index (Phi) is 4.04. The summed E-state index contributed by atoms with van der Waals surface area (Å²) in [5.41, 5.74) is 1.04. The van der Waals surface area contributed by atoms with E-state index in [9.17, 15) is 9.90 Å². The summed E-state index contributed by atoms with van der Waals surface area (Å²) in [6.07, 6.45) is 7.57. The first kappa shape index (κ1) is 13.9. The molecule has 1 aromatic heterocycles. The van der Waals surface area contributed by atoms with E-state index in [1.807, 2.05) is 18.2 Å². The van der Waals surface area contributed by atoms with Gasteiger partial charge in [-0.05, 0) is 37.1 Å². The lowest BCUT2D eigenvalue weighted by Gasteiger charge is -2.17. The number of aromatic nitrogens is 1. The lowest BCUT2D eigenvalue weighted by molar-refractivity contribution is 0.0699. The van der Waals surface area contributed by atoms with Crippen molar-refractivity contribution >= 4 is 22.7 Å². The van der Waals surface area contributed by atoms with E-state index < -0.39 is 5.97 Å². The van der Waals surface area contributed by atoms with Crippen LogP contribution in [0.5, 0.6) is 0 Å². The zero-order chi connectivity index (χ0) is 14.7. The van der Waals surface area contributed by atoms with Crippen molar-refractivity contribution in [3.63, 3.8) is 0 Å². The van der Waals surface area contributed by atoms with Crippen LogP contribution in [-0.2, 0) is 0 Å². The fraction of sp³-hybridized carbons (Fsp3) is 0.412. The van der Waals surface area contributed by atoms with Crippen LogP contribution in [0.4, 0.5) is 5.82 Å². The predicted molar refractivity (Wildman–Crippen MR) is 83.8 cm³/mol. The Balaban J connectivity index is 1.85. The van der Waals surface area contributed by atoms with Crippen LogP contribution in [0.3, 0.4) is 0 Å². The molecule has 4 heteroatoms. The van der Waals surface area contributed by atoms with Gasteiger partial charge in [-0.25, -0.2) is 9.78 Å². The quantitative estimate of drug-likeness (QED) is 0.834. The van der Waals surface area contributed by atoms with Crippen LogP contribution in [-0.4, -0.2) is 22.1 Å². The number of hydrogen-bond donors (Lipinski definition) is 2. The number of carboxylic acid groups (broad SMARTS) is 1. The van der Waals surface area contributed by atoms with Gasteiger partial charge in [0.1, 0.15) is 5.82 Å². The second kappa shape index (κ2) is 6.12. The van der Waals surface area contributed by atoms with Crippen LogP contribution in [0.2, 0.25) is 0 Å². The number of carbonyl (C=O) groups is 1. The molecule has 2 aromatic rings. The molecule has 1 aliphatic carbocycles. The number of anilines is 1. The van der Waals surface area contributed by atoms with Gasteiger partial charge in [0, 0.05) is 11.4 Å². The van der Waals surface area contributed by atoms with Crippen molar-refractivity contribution in [1.82, 2.24) is 4.98 Å². The highest BCUT2D eigenvalue weighted by molar-refractivity contribution is 6.02. The third-order valence-corrected chi connectivity index (χ3v) is 4.17. The Morgan fingerprint density at radius 1 is 1.10 bits per heavy atom. The van der Waals surface area contributed by atoms with E-state index >= 15 is 0 Å². The van der Waals surface area contributed by atoms with Crippen molar-refractivity contribution in [2.45, 2.75) is 44.6 Å². The first-order valence-electron chi connectivity index (χ1n) is 7.63. The van der Waals surface area contributed by atoms with Crippen LogP contribution in [0, 0.1) is 0 Å². The SMILES string of the molecule is O=C(O)c1cccc2nc(NC3CCCCCC3)ccc12. The first-order valence-corrected chi connectivity index (χ1v) is 7.63. The molecule has 1 heterocycles. The monoisotopic (exact) mass is 284 g/mol. The molecule has 110 valence electrons. The van der Waals surface area contributed by atoms with Gasteiger partial charge >= 0.3 is 5.97 Å². The third-order valence-electron chi connectivity index (χ3n) is 4.17. The Labute approximate surface area is 124 Å². The van der Waals surface area contributed by atoms with Gasteiger partial charge in [0.15, 0.2) is 0 Å². The van der Waals surface area contributed by atoms with Crippen molar-refractivity contribution in [2.24, 2.45) is 0 Å².